The Kier molecular flexibility index (Phi) is 2.90. The molecule has 1 aliphatic rings. The fourth-order valence-corrected chi connectivity index (χ4v) is 1.89. The van der Waals surface area contributed by atoms with E-state index in [1.54, 1.807) is 0 Å². The molecule has 0 aromatic heterocycles. The lowest BCUT2D eigenvalue weighted by Gasteiger charge is -2.25. The Morgan fingerprint density at radius 1 is 1.64 bits per heavy atom. The number of likely N-dealkylation sites (tertiary alicyclic amines) is 1. The summed E-state index contributed by atoms with van der Waals surface area (Å²) in [4.78, 5) is 13.0. The number of rotatable bonds is 2. The van der Waals surface area contributed by atoms with Gasteiger partial charge in [-0.05, 0) is 44.8 Å². The molecule has 0 radical (unpaired) electrons. The van der Waals surface area contributed by atoms with Crippen LogP contribution in [0.5, 0.6) is 0 Å². The first-order valence-electron chi connectivity index (χ1n) is 4.08. The number of hydrogen-bond acceptors (Lipinski definition) is 2. The summed E-state index contributed by atoms with van der Waals surface area (Å²) in [7, 11) is 0. The highest BCUT2D eigenvalue weighted by Gasteiger charge is 2.30. The Balaban J connectivity index is 2.58. The molecule has 0 spiro atoms. The Bertz CT molecular complexity index is 158. The lowest BCUT2D eigenvalue weighted by Crippen LogP contribution is -2.38. The minimum atomic E-state index is -0.198. The monoisotopic (exact) mass is 175 g/mol. The molecule has 1 saturated heterocycles. The second-order valence-electron chi connectivity index (χ2n) is 3.29. The summed E-state index contributed by atoms with van der Waals surface area (Å²) >= 11 is 5.44. The van der Waals surface area contributed by atoms with E-state index in [9.17, 15) is 4.79 Å². The van der Waals surface area contributed by atoms with Gasteiger partial charge in [-0.2, -0.15) is 0 Å². The minimum Gasteiger partial charge on any atom is -0.290 e. The third kappa shape index (κ3) is 1.94. The molecule has 0 aromatic carbocycles. The van der Waals surface area contributed by atoms with Gasteiger partial charge in [0.15, 0.2) is 0 Å². The molecule has 0 aromatic rings. The van der Waals surface area contributed by atoms with Crippen LogP contribution < -0.4 is 0 Å². The molecular formula is C8H14ClNO. The van der Waals surface area contributed by atoms with Gasteiger partial charge in [-0.15, -0.1) is 0 Å². The SMILES string of the molecule is CC(C)N1CCC[C@H]1C(=O)Cl. The maximum atomic E-state index is 10.9. The molecule has 64 valence electrons. The smallest absolute Gasteiger partial charge is 0.238 e. The van der Waals surface area contributed by atoms with Crippen LogP contribution in [0.3, 0.4) is 0 Å². The number of carbonyl (C=O) groups is 1. The predicted molar refractivity (Wildman–Crippen MR) is 45.7 cm³/mol. The lowest BCUT2D eigenvalue weighted by molar-refractivity contribution is -0.116. The van der Waals surface area contributed by atoms with Crippen molar-refractivity contribution < 1.29 is 4.79 Å². The summed E-state index contributed by atoms with van der Waals surface area (Å²) in [5.41, 5.74) is 0. The molecule has 0 amide bonds. The van der Waals surface area contributed by atoms with Gasteiger partial charge in [0.05, 0.1) is 6.04 Å². The van der Waals surface area contributed by atoms with E-state index >= 15 is 0 Å². The Morgan fingerprint density at radius 2 is 2.27 bits per heavy atom. The zero-order valence-electron chi connectivity index (χ0n) is 7.01. The number of halogens is 1. The first-order valence-corrected chi connectivity index (χ1v) is 4.46. The van der Waals surface area contributed by atoms with E-state index in [1.165, 1.54) is 0 Å². The van der Waals surface area contributed by atoms with Crippen molar-refractivity contribution in [1.29, 1.82) is 0 Å². The van der Waals surface area contributed by atoms with Crippen LogP contribution in [0.25, 0.3) is 0 Å². The number of carbonyl (C=O) groups excluding carboxylic acids is 1. The molecule has 11 heavy (non-hydrogen) atoms. The van der Waals surface area contributed by atoms with Crippen molar-refractivity contribution in [3.63, 3.8) is 0 Å². The second kappa shape index (κ2) is 3.55. The van der Waals surface area contributed by atoms with E-state index in [0.29, 0.717) is 6.04 Å². The molecule has 0 saturated carbocycles. The first-order chi connectivity index (χ1) is 5.13. The van der Waals surface area contributed by atoms with Gasteiger partial charge < -0.3 is 0 Å². The number of nitrogens with zero attached hydrogens (tertiary/aromatic N) is 1. The van der Waals surface area contributed by atoms with Crippen LogP contribution in [-0.4, -0.2) is 28.8 Å². The Morgan fingerprint density at radius 3 is 2.64 bits per heavy atom. The second-order valence-corrected chi connectivity index (χ2v) is 3.67. The standard InChI is InChI=1S/C8H14ClNO/c1-6(2)10-5-3-4-7(10)8(9)11/h6-7H,3-5H2,1-2H3/t7-/m0/s1. The zero-order chi connectivity index (χ0) is 8.43. The minimum absolute atomic E-state index is 0.0170. The van der Waals surface area contributed by atoms with Crippen LogP contribution in [0.2, 0.25) is 0 Å². The van der Waals surface area contributed by atoms with Gasteiger partial charge in [0.1, 0.15) is 0 Å². The third-order valence-electron chi connectivity index (χ3n) is 2.22. The van der Waals surface area contributed by atoms with Gasteiger partial charge in [-0.3, -0.25) is 9.69 Å². The normalized spacial score (nSPS) is 26.4. The van der Waals surface area contributed by atoms with Gasteiger partial charge in [-0.25, -0.2) is 0 Å². The van der Waals surface area contributed by atoms with Crippen molar-refractivity contribution in [2.75, 3.05) is 6.54 Å². The topological polar surface area (TPSA) is 20.3 Å². The van der Waals surface area contributed by atoms with Gasteiger partial charge in [0.25, 0.3) is 0 Å². The maximum Gasteiger partial charge on any atom is 0.238 e. The zero-order valence-corrected chi connectivity index (χ0v) is 7.77. The summed E-state index contributed by atoms with van der Waals surface area (Å²) in [5.74, 6) is 0. The summed E-state index contributed by atoms with van der Waals surface area (Å²) in [6.45, 7) is 5.21. The molecule has 0 aliphatic carbocycles. The van der Waals surface area contributed by atoms with Gasteiger partial charge >= 0.3 is 0 Å². The molecule has 2 nitrogen and oxygen atoms in total. The average molecular weight is 176 g/mol. The molecule has 1 heterocycles. The molecule has 1 atom stereocenters. The molecule has 1 rings (SSSR count). The molecular weight excluding hydrogens is 162 g/mol. The van der Waals surface area contributed by atoms with Crippen LogP contribution in [0.15, 0.2) is 0 Å². The van der Waals surface area contributed by atoms with Crippen molar-refractivity contribution in [2.45, 2.75) is 38.8 Å². The molecule has 1 aliphatic heterocycles. The summed E-state index contributed by atoms with van der Waals surface area (Å²) in [6, 6.07) is 0.418. The first kappa shape index (κ1) is 9.01. The quantitative estimate of drug-likeness (QED) is 0.595. The van der Waals surface area contributed by atoms with Crippen LogP contribution >= 0.6 is 11.6 Å². The average Bonchev–Trinajstić information content (AvgIpc) is 2.32. The van der Waals surface area contributed by atoms with Crippen LogP contribution in [-0.2, 0) is 4.79 Å². The van der Waals surface area contributed by atoms with Crippen LogP contribution in [0.4, 0.5) is 0 Å². The Hall–Kier alpha value is -0.0800. The van der Waals surface area contributed by atoms with Gasteiger partial charge in [-0.1, -0.05) is 0 Å². The van der Waals surface area contributed by atoms with E-state index in [-0.39, 0.29) is 11.3 Å². The van der Waals surface area contributed by atoms with Crippen molar-refractivity contribution in [1.82, 2.24) is 4.90 Å². The van der Waals surface area contributed by atoms with Crippen molar-refractivity contribution in [2.24, 2.45) is 0 Å². The summed E-state index contributed by atoms with van der Waals surface area (Å²) < 4.78 is 0. The van der Waals surface area contributed by atoms with E-state index in [2.05, 4.69) is 18.7 Å². The van der Waals surface area contributed by atoms with Crippen molar-refractivity contribution in [3.05, 3.63) is 0 Å². The van der Waals surface area contributed by atoms with E-state index in [1.807, 2.05) is 0 Å². The molecule has 0 bridgehead atoms. The van der Waals surface area contributed by atoms with Crippen molar-refractivity contribution >= 4 is 16.8 Å². The van der Waals surface area contributed by atoms with E-state index in [4.69, 9.17) is 11.6 Å². The van der Waals surface area contributed by atoms with Gasteiger partial charge in [0.2, 0.25) is 5.24 Å². The summed E-state index contributed by atoms with van der Waals surface area (Å²) in [5, 5.41) is -0.198. The fraction of sp³-hybridized carbons (Fsp3) is 0.875. The van der Waals surface area contributed by atoms with Crippen LogP contribution in [0, 0.1) is 0 Å². The molecule has 3 heteroatoms. The van der Waals surface area contributed by atoms with Gasteiger partial charge in [0, 0.05) is 6.04 Å². The highest BCUT2D eigenvalue weighted by molar-refractivity contribution is 6.64. The fourth-order valence-electron chi connectivity index (χ4n) is 1.65. The van der Waals surface area contributed by atoms with Crippen molar-refractivity contribution in [3.8, 4) is 0 Å². The molecule has 0 unspecified atom stereocenters. The lowest BCUT2D eigenvalue weighted by atomic mass is 10.2. The highest BCUT2D eigenvalue weighted by atomic mass is 35.5. The van der Waals surface area contributed by atoms with Crippen LogP contribution in [0.1, 0.15) is 26.7 Å². The van der Waals surface area contributed by atoms with E-state index in [0.717, 1.165) is 19.4 Å². The third-order valence-corrected chi connectivity index (χ3v) is 2.47. The van der Waals surface area contributed by atoms with E-state index < -0.39 is 0 Å². The maximum absolute atomic E-state index is 10.9. The number of hydrogen-bond donors (Lipinski definition) is 0. The molecule has 0 N–H and O–H groups in total. The summed E-state index contributed by atoms with van der Waals surface area (Å²) in [6.07, 6.45) is 2.03. The largest absolute Gasteiger partial charge is 0.290 e. The Labute approximate surface area is 72.5 Å². The predicted octanol–water partition coefficient (Wildman–Crippen LogP) is 1.62. The highest BCUT2D eigenvalue weighted by Crippen LogP contribution is 2.21. The molecule has 1 fully saturated rings.